The first-order valence-corrected chi connectivity index (χ1v) is 6.04. The van der Waals surface area contributed by atoms with Gasteiger partial charge in [0.15, 0.2) is 0 Å². The standard InChI is InChI=1S/C12H19NO4/c1-12(2,3)17-11(16)13-8-5-4-7(6-8)9(13)10(14)15/h7-9H,4-6H2,1-3H3,(H,14,15)/t7?,8-,9-/m0/s1. The number of rotatable bonds is 1. The van der Waals surface area contributed by atoms with E-state index in [1.54, 1.807) is 20.8 Å². The Hall–Kier alpha value is -1.26. The van der Waals surface area contributed by atoms with E-state index in [0.717, 1.165) is 19.3 Å². The average molecular weight is 241 g/mol. The van der Waals surface area contributed by atoms with E-state index in [1.807, 2.05) is 0 Å². The van der Waals surface area contributed by atoms with Crippen LogP contribution in [-0.2, 0) is 9.53 Å². The number of carbonyl (C=O) groups excluding carboxylic acids is 1. The van der Waals surface area contributed by atoms with E-state index in [1.165, 1.54) is 4.90 Å². The summed E-state index contributed by atoms with van der Waals surface area (Å²) in [4.78, 5) is 24.7. The van der Waals surface area contributed by atoms with Gasteiger partial charge >= 0.3 is 12.1 Å². The Kier molecular flexibility index (Phi) is 2.79. The molecule has 2 aliphatic rings. The smallest absolute Gasteiger partial charge is 0.411 e. The largest absolute Gasteiger partial charge is 0.480 e. The van der Waals surface area contributed by atoms with Crippen LogP contribution in [0.5, 0.6) is 0 Å². The molecule has 1 aliphatic heterocycles. The van der Waals surface area contributed by atoms with Crippen LogP contribution in [-0.4, -0.2) is 39.8 Å². The third kappa shape index (κ3) is 2.23. The highest BCUT2D eigenvalue weighted by Crippen LogP contribution is 2.43. The predicted octanol–water partition coefficient (Wildman–Crippen LogP) is 1.86. The minimum absolute atomic E-state index is 0.0518. The van der Waals surface area contributed by atoms with Gasteiger partial charge in [-0.1, -0.05) is 0 Å². The Bertz CT molecular complexity index is 347. The molecule has 1 heterocycles. The fourth-order valence-corrected chi connectivity index (χ4v) is 2.88. The molecule has 96 valence electrons. The second-order valence-corrected chi connectivity index (χ2v) is 5.90. The van der Waals surface area contributed by atoms with E-state index in [0.29, 0.717) is 0 Å². The van der Waals surface area contributed by atoms with Gasteiger partial charge in [-0.25, -0.2) is 9.59 Å². The minimum Gasteiger partial charge on any atom is -0.480 e. The Morgan fingerprint density at radius 3 is 2.47 bits per heavy atom. The van der Waals surface area contributed by atoms with Gasteiger partial charge < -0.3 is 9.84 Å². The van der Waals surface area contributed by atoms with Gasteiger partial charge in [-0.2, -0.15) is 0 Å². The van der Waals surface area contributed by atoms with Crippen LogP contribution >= 0.6 is 0 Å². The normalized spacial score (nSPS) is 31.7. The fourth-order valence-electron chi connectivity index (χ4n) is 2.88. The molecule has 2 bridgehead atoms. The number of ether oxygens (including phenoxy) is 1. The van der Waals surface area contributed by atoms with E-state index in [9.17, 15) is 14.7 Å². The lowest BCUT2D eigenvalue weighted by Crippen LogP contribution is -2.50. The van der Waals surface area contributed by atoms with E-state index >= 15 is 0 Å². The molecule has 2 rings (SSSR count). The van der Waals surface area contributed by atoms with Gasteiger partial charge in [0.1, 0.15) is 11.6 Å². The van der Waals surface area contributed by atoms with Gasteiger partial charge in [0.05, 0.1) is 0 Å². The highest BCUT2D eigenvalue weighted by molar-refractivity contribution is 5.82. The van der Waals surface area contributed by atoms with E-state index in [4.69, 9.17) is 4.74 Å². The van der Waals surface area contributed by atoms with Crippen molar-refractivity contribution < 1.29 is 19.4 Å². The Morgan fingerprint density at radius 2 is 1.94 bits per heavy atom. The van der Waals surface area contributed by atoms with Crippen molar-refractivity contribution in [3.8, 4) is 0 Å². The molecule has 5 nitrogen and oxygen atoms in total. The number of aliphatic carboxylic acids is 1. The zero-order valence-corrected chi connectivity index (χ0v) is 10.5. The number of carboxylic acid groups (broad SMARTS) is 1. The first-order valence-electron chi connectivity index (χ1n) is 6.04. The summed E-state index contributed by atoms with van der Waals surface area (Å²) in [6.45, 7) is 5.36. The molecule has 0 radical (unpaired) electrons. The third-order valence-corrected chi connectivity index (χ3v) is 3.44. The lowest BCUT2D eigenvalue weighted by molar-refractivity contribution is -0.144. The van der Waals surface area contributed by atoms with E-state index in [-0.39, 0.29) is 12.0 Å². The van der Waals surface area contributed by atoms with Crippen LogP contribution in [0.2, 0.25) is 0 Å². The average Bonchev–Trinajstić information content (AvgIpc) is 2.72. The lowest BCUT2D eigenvalue weighted by atomic mass is 9.99. The van der Waals surface area contributed by atoms with Crippen LogP contribution in [0.25, 0.3) is 0 Å². The Labute approximate surface area is 101 Å². The van der Waals surface area contributed by atoms with Gasteiger partial charge in [-0.05, 0) is 46.0 Å². The highest BCUT2D eigenvalue weighted by atomic mass is 16.6. The number of hydrogen-bond acceptors (Lipinski definition) is 3. The first-order chi connectivity index (χ1) is 7.79. The van der Waals surface area contributed by atoms with Gasteiger partial charge in [-0.15, -0.1) is 0 Å². The van der Waals surface area contributed by atoms with Gasteiger partial charge in [-0.3, -0.25) is 4.90 Å². The van der Waals surface area contributed by atoms with Crippen LogP contribution in [0.3, 0.4) is 0 Å². The molecule has 3 atom stereocenters. The van der Waals surface area contributed by atoms with Gasteiger partial charge in [0.25, 0.3) is 0 Å². The summed E-state index contributed by atoms with van der Waals surface area (Å²) in [6.07, 6.45) is 2.11. The van der Waals surface area contributed by atoms with Crippen LogP contribution in [0.15, 0.2) is 0 Å². The molecule has 1 saturated carbocycles. The number of fused-ring (bicyclic) bond motifs is 2. The first kappa shape index (κ1) is 12.2. The maximum absolute atomic E-state index is 12.0. The summed E-state index contributed by atoms with van der Waals surface area (Å²) >= 11 is 0. The number of likely N-dealkylation sites (tertiary alicyclic amines) is 1. The molecule has 1 saturated heterocycles. The number of hydrogen-bond donors (Lipinski definition) is 1. The summed E-state index contributed by atoms with van der Waals surface area (Å²) in [6, 6.07) is -0.639. The molecule has 0 aromatic carbocycles. The summed E-state index contributed by atoms with van der Waals surface area (Å²) < 4.78 is 5.28. The maximum atomic E-state index is 12.0. The zero-order chi connectivity index (χ0) is 12.8. The monoisotopic (exact) mass is 241 g/mol. The van der Waals surface area contributed by atoms with Crippen molar-refractivity contribution in [3.05, 3.63) is 0 Å². The quantitative estimate of drug-likeness (QED) is 0.761. The van der Waals surface area contributed by atoms with Crippen LogP contribution in [0.4, 0.5) is 4.79 Å². The van der Waals surface area contributed by atoms with Crippen molar-refractivity contribution in [1.29, 1.82) is 0 Å². The Morgan fingerprint density at radius 1 is 1.29 bits per heavy atom. The fraction of sp³-hybridized carbons (Fsp3) is 0.833. The summed E-state index contributed by atoms with van der Waals surface area (Å²) in [7, 11) is 0. The molecule has 1 N–H and O–H groups in total. The molecule has 0 aromatic rings. The molecule has 0 spiro atoms. The minimum atomic E-state index is -0.914. The molecule has 1 unspecified atom stereocenters. The number of amides is 1. The molecule has 17 heavy (non-hydrogen) atoms. The van der Waals surface area contributed by atoms with Crippen molar-refractivity contribution in [1.82, 2.24) is 4.90 Å². The summed E-state index contributed by atoms with van der Waals surface area (Å²) in [5.41, 5.74) is -0.581. The van der Waals surface area contributed by atoms with Crippen LogP contribution in [0, 0.1) is 5.92 Å². The van der Waals surface area contributed by atoms with Crippen molar-refractivity contribution in [2.24, 2.45) is 5.92 Å². The topological polar surface area (TPSA) is 66.8 Å². The molecule has 0 aromatic heterocycles. The third-order valence-electron chi connectivity index (χ3n) is 3.44. The number of carboxylic acids is 1. The van der Waals surface area contributed by atoms with Crippen LogP contribution < -0.4 is 0 Å². The molecule has 1 amide bonds. The molecule has 2 fully saturated rings. The van der Waals surface area contributed by atoms with Crippen molar-refractivity contribution in [3.63, 3.8) is 0 Å². The zero-order valence-electron chi connectivity index (χ0n) is 10.5. The molecular weight excluding hydrogens is 222 g/mol. The van der Waals surface area contributed by atoms with Crippen molar-refractivity contribution in [2.75, 3.05) is 0 Å². The number of carbonyl (C=O) groups is 2. The second-order valence-electron chi connectivity index (χ2n) is 5.90. The molecule has 1 aliphatic carbocycles. The summed E-state index contributed by atoms with van der Waals surface area (Å²) in [5, 5.41) is 9.20. The maximum Gasteiger partial charge on any atom is 0.411 e. The van der Waals surface area contributed by atoms with Crippen LogP contribution in [0.1, 0.15) is 40.0 Å². The molecule has 5 heteroatoms. The van der Waals surface area contributed by atoms with E-state index in [2.05, 4.69) is 0 Å². The Balaban J connectivity index is 2.14. The number of nitrogens with zero attached hydrogens (tertiary/aromatic N) is 1. The van der Waals surface area contributed by atoms with Gasteiger partial charge in [0.2, 0.25) is 0 Å². The highest BCUT2D eigenvalue weighted by Gasteiger charge is 2.52. The van der Waals surface area contributed by atoms with Crippen molar-refractivity contribution >= 4 is 12.1 Å². The van der Waals surface area contributed by atoms with Crippen molar-refractivity contribution in [2.45, 2.75) is 57.7 Å². The lowest BCUT2D eigenvalue weighted by Gasteiger charge is -2.34. The predicted molar refractivity (Wildman–Crippen MR) is 60.6 cm³/mol. The second kappa shape index (κ2) is 3.89. The SMILES string of the molecule is CC(C)(C)OC(=O)N1[C@H]2CCC(C2)[C@H]1C(=O)O. The number of piperidine rings is 1. The summed E-state index contributed by atoms with van der Waals surface area (Å²) in [5.74, 6) is -0.812. The van der Waals surface area contributed by atoms with E-state index < -0.39 is 23.7 Å². The molecular formula is C12H19NO4. The van der Waals surface area contributed by atoms with Gasteiger partial charge in [0, 0.05) is 6.04 Å².